The molecular weight excluding hydrogens is 318 g/mol. The van der Waals surface area contributed by atoms with E-state index in [4.69, 9.17) is 4.74 Å². The van der Waals surface area contributed by atoms with Gasteiger partial charge in [0.05, 0.1) is 16.7 Å². The first-order valence-electron chi connectivity index (χ1n) is 7.46. The zero-order valence-corrected chi connectivity index (χ0v) is 14.1. The normalized spacial score (nSPS) is 13.9. The van der Waals surface area contributed by atoms with Gasteiger partial charge in [0.1, 0.15) is 17.4 Å². The lowest BCUT2D eigenvalue weighted by molar-refractivity contribution is -0.385. The van der Waals surface area contributed by atoms with Gasteiger partial charge in [-0.2, -0.15) is 0 Å². The Labute approximate surface area is 139 Å². The summed E-state index contributed by atoms with van der Waals surface area (Å²) in [5.41, 5.74) is -0.506. The van der Waals surface area contributed by atoms with Crippen LogP contribution >= 0.6 is 0 Å². The van der Waals surface area contributed by atoms with Crippen LogP contribution in [0.1, 0.15) is 44.7 Å². The van der Waals surface area contributed by atoms with Crippen LogP contribution in [0.15, 0.2) is 12.1 Å². The van der Waals surface area contributed by atoms with Crippen LogP contribution in [0.5, 0.6) is 0 Å². The van der Waals surface area contributed by atoms with Crippen LogP contribution in [0, 0.1) is 17.0 Å². The molecule has 2 unspecified atom stereocenters. The number of aliphatic hydroxyl groups is 2. The molecule has 9 nitrogen and oxygen atoms in total. The minimum Gasteiger partial charge on any atom is -0.444 e. The van der Waals surface area contributed by atoms with Crippen LogP contribution in [0.2, 0.25) is 0 Å². The Morgan fingerprint density at radius 3 is 2.54 bits per heavy atom. The Balaban J connectivity index is 2.56. The number of aliphatic hydroxyl groups excluding tert-OH is 2. The van der Waals surface area contributed by atoms with E-state index in [0.29, 0.717) is 0 Å². The molecule has 1 heterocycles. The maximum atomic E-state index is 11.5. The van der Waals surface area contributed by atoms with Gasteiger partial charge >= 0.3 is 6.09 Å². The third-order valence-corrected chi connectivity index (χ3v) is 3.05. The number of alkyl carbamates (subject to hydrolysis) is 1. The second-order valence-corrected chi connectivity index (χ2v) is 6.33. The first-order valence-corrected chi connectivity index (χ1v) is 7.46. The number of pyridine rings is 1. The molecule has 1 aromatic heterocycles. The van der Waals surface area contributed by atoms with E-state index in [9.17, 15) is 25.1 Å². The Morgan fingerprint density at radius 1 is 1.42 bits per heavy atom. The molecular formula is C15H23N3O6. The molecule has 1 rings (SSSR count). The number of amides is 1. The van der Waals surface area contributed by atoms with E-state index in [0.717, 1.165) is 0 Å². The van der Waals surface area contributed by atoms with Crippen molar-refractivity contribution in [2.24, 2.45) is 0 Å². The smallest absolute Gasteiger partial charge is 0.407 e. The van der Waals surface area contributed by atoms with Gasteiger partial charge in [-0.05, 0) is 40.2 Å². The van der Waals surface area contributed by atoms with E-state index in [1.807, 2.05) is 0 Å². The van der Waals surface area contributed by atoms with E-state index in [-0.39, 0.29) is 30.0 Å². The average molecular weight is 341 g/mol. The van der Waals surface area contributed by atoms with Crippen molar-refractivity contribution in [3.63, 3.8) is 0 Å². The van der Waals surface area contributed by atoms with Crippen LogP contribution in [0.25, 0.3) is 0 Å². The first-order chi connectivity index (χ1) is 11.0. The molecule has 0 aromatic carbocycles. The third kappa shape index (κ3) is 6.09. The van der Waals surface area contributed by atoms with Gasteiger partial charge < -0.3 is 20.3 Å². The summed E-state index contributed by atoms with van der Waals surface area (Å²) < 4.78 is 5.05. The molecule has 1 amide bonds. The SMILES string of the molecule is Cc1nc(C(O)C(O)CCNC(=O)OC(C)(C)C)ccc1[N+](=O)[O-]. The van der Waals surface area contributed by atoms with Crippen molar-refractivity contribution in [1.82, 2.24) is 10.3 Å². The van der Waals surface area contributed by atoms with Gasteiger partial charge in [0.25, 0.3) is 5.69 Å². The molecule has 24 heavy (non-hydrogen) atoms. The van der Waals surface area contributed by atoms with Crippen molar-refractivity contribution in [2.45, 2.75) is 51.9 Å². The molecule has 0 aliphatic carbocycles. The molecule has 0 bridgehead atoms. The van der Waals surface area contributed by atoms with E-state index < -0.39 is 28.8 Å². The Morgan fingerprint density at radius 2 is 2.04 bits per heavy atom. The quantitative estimate of drug-likeness (QED) is 0.528. The van der Waals surface area contributed by atoms with Crippen molar-refractivity contribution >= 4 is 11.8 Å². The minimum atomic E-state index is -1.31. The van der Waals surface area contributed by atoms with Gasteiger partial charge in [0.2, 0.25) is 0 Å². The van der Waals surface area contributed by atoms with Crippen molar-refractivity contribution in [1.29, 1.82) is 0 Å². The molecule has 9 heteroatoms. The monoisotopic (exact) mass is 341 g/mol. The number of hydrogen-bond donors (Lipinski definition) is 3. The molecule has 0 saturated carbocycles. The van der Waals surface area contributed by atoms with Crippen LogP contribution < -0.4 is 5.32 Å². The largest absolute Gasteiger partial charge is 0.444 e. The molecule has 2 atom stereocenters. The van der Waals surface area contributed by atoms with Gasteiger partial charge in [0.15, 0.2) is 0 Å². The van der Waals surface area contributed by atoms with Crippen molar-refractivity contribution < 1.29 is 24.7 Å². The number of aryl methyl sites for hydroxylation is 1. The number of rotatable bonds is 6. The number of nitro groups is 1. The average Bonchev–Trinajstić information content (AvgIpc) is 2.43. The van der Waals surface area contributed by atoms with Crippen LogP contribution in [-0.4, -0.2) is 44.5 Å². The van der Waals surface area contributed by atoms with Crippen LogP contribution in [0.4, 0.5) is 10.5 Å². The molecule has 0 spiro atoms. The summed E-state index contributed by atoms with van der Waals surface area (Å²) in [4.78, 5) is 25.6. The van der Waals surface area contributed by atoms with Crippen molar-refractivity contribution in [2.75, 3.05) is 6.54 Å². The highest BCUT2D eigenvalue weighted by molar-refractivity contribution is 5.67. The second-order valence-electron chi connectivity index (χ2n) is 6.33. The molecule has 1 aromatic rings. The number of nitrogens with one attached hydrogen (secondary N) is 1. The molecule has 3 N–H and O–H groups in total. The lowest BCUT2D eigenvalue weighted by atomic mass is 10.1. The summed E-state index contributed by atoms with van der Waals surface area (Å²) in [5, 5.41) is 33.3. The zero-order chi connectivity index (χ0) is 18.5. The number of nitrogens with zero attached hydrogens (tertiary/aromatic N) is 2. The van der Waals surface area contributed by atoms with Crippen LogP contribution in [0.3, 0.4) is 0 Å². The van der Waals surface area contributed by atoms with E-state index in [1.54, 1.807) is 20.8 Å². The highest BCUT2D eigenvalue weighted by Gasteiger charge is 2.23. The van der Waals surface area contributed by atoms with Gasteiger partial charge in [0, 0.05) is 12.6 Å². The molecule has 0 aliphatic rings. The number of aromatic nitrogens is 1. The van der Waals surface area contributed by atoms with Gasteiger partial charge in [-0.25, -0.2) is 9.78 Å². The van der Waals surface area contributed by atoms with E-state index >= 15 is 0 Å². The van der Waals surface area contributed by atoms with Crippen molar-refractivity contribution in [3.8, 4) is 0 Å². The fraction of sp³-hybridized carbons (Fsp3) is 0.600. The number of hydrogen-bond acceptors (Lipinski definition) is 7. The van der Waals surface area contributed by atoms with E-state index in [1.165, 1.54) is 19.1 Å². The molecule has 134 valence electrons. The van der Waals surface area contributed by atoms with Gasteiger partial charge in [-0.15, -0.1) is 0 Å². The van der Waals surface area contributed by atoms with Gasteiger partial charge in [-0.3, -0.25) is 10.1 Å². The lowest BCUT2D eigenvalue weighted by Crippen LogP contribution is -2.34. The fourth-order valence-corrected chi connectivity index (χ4v) is 1.92. The fourth-order valence-electron chi connectivity index (χ4n) is 1.92. The Bertz CT molecular complexity index is 599. The predicted molar refractivity (Wildman–Crippen MR) is 85.4 cm³/mol. The van der Waals surface area contributed by atoms with E-state index in [2.05, 4.69) is 10.3 Å². The Hall–Kier alpha value is -2.26. The third-order valence-electron chi connectivity index (χ3n) is 3.05. The summed E-state index contributed by atoms with van der Waals surface area (Å²) in [5.74, 6) is 0. The Kier molecular flexibility index (Phi) is 6.61. The standard InChI is InChI=1S/C15H23N3O6/c1-9-11(18(22)23)6-5-10(17-9)13(20)12(19)7-8-16-14(21)24-15(2,3)4/h5-6,12-13,19-20H,7-8H2,1-4H3,(H,16,21). The molecule has 0 fully saturated rings. The summed E-state index contributed by atoms with van der Waals surface area (Å²) >= 11 is 0. The first kappa shape index (κ1) is 19.8. The summed E-state index contributed by atoms with van der Waals surface area (Å²) in [6, 6.07) is 2.52. The zero-order valence-electron chi connectivity index (χ0n) is 14.1. The number of carbonyl (C=O) groups excluding carboxylic acids is 1. The summed E-state index contributed by atoms with van der Waals surface area (Å²) in [6.07, 6.45) is -3.05. The molecule has 0 saturated heterocycles. The lowest BCUT2D eigenvalue weighted by Gasteiger charge is -2.21. The summed E-state index contributed by atoms with van der Waals surface area (Å²) in [7, 11) is 0. The highest BCUT2D eigenvalue weighted by Crippen LogP contribution is 2.22. The second kappa shape index (κ2) is 8.02. The van der Waals surface area contributed by atoms with Crippen LogP contribution in [-0.2, 0) is 4.74 Å². The number of carbonyl (C=O) groups is 1. The maximum absolute atomic E-state index is 11.5. The highest BCUT2D eigenvalue weighted by atomic mass is 16.6. The summed E-state index contributed by atoms with van der Waals surface area (Å²) in [6.45, 7) is 6.74. The maximum Gasteiger partial charge on any atom is 0.407 e. The minimum absolute atomic E-state index is 0.0676. The number of ether oxygens (including phenoxy) is 1. The molecule has 0 aliphatic heterocycles. The van der Waals surface area contributed by atoms with Crippen molar-refractivity contribution in [3.05, 3.63) is 33.6 Å². The molecule has 0 radical (unpaired) electrons. The topological polar surface area (TPSA) is 135 Å². The van der Waals surface area contributed by atoms with Gasteiger partial charge in [-0.1, -0.05) is 0 Å². The predicted octanol–water partition coefficient (Wildman–Crippen LogP) is 1.61.